The second-order valence-corrected chi connectivity index (χ2v) is 11.4. The largest absolute Gasteiger partial charge is 0.448 e. The molecule has 0 radical (unpaired) electrons. The number of para-hydroxylation sites is 1. The molecule has 4 heterocycles. The first-order valence-corrected chi connectivity index (χ1v) is 14.1. The molecule has 0 bridgehead atoms. The number of nitrogens with zero attached hydrogens (tertiary/aromatic N) is 3. The Bertz CT molecular complexity index is 1050. The third kappa shape index (κ3) is 4.84. The van der Waals surface area contributed by atoms with Crippen LogP contribution in [0.15, 0.2) is 42.6 Å². The summed E-state index contributed by atoms with van der Waals surface area (Å²) in [6.45, 7) is 4.81. The van der Waals surface area contributed by atoms with E-state index < -0.39 is 5.79 Å². The van der Waals surface area contributed by atoms with Gasteiger partial charge >= 0.3 is 0 Å². The Morgan fingerprint density at radius 1 is 0.806 bits per heavy atom. The van der Waals surface area contributed by atoms with Crippen molar-refractivity contribution in [1.82, 2.24) is 14.8 Å². The van der Waals surface area contributed by atoms with Crippen molar-refractivity contribution in [2.45, 2.75) is 83.0 Å². The van der Waals surface area contributed by atoms with E-state index in [1.807, 2.05) is 23.1 Å². The molecule has 6 nitrogen and oxygen atoms in total. The summed E-state index contributed by atoms with van der Waals surface area (Å²) in [5.74, 6) is 1.56. The summed E-state index contributed by atoms with van der Waals surface area (Å²) in [4.78, 5) is 21.6. The molecule has 6 heteroatoms. The van der Waals surface area contributed by atoms with Crippen LogP contribution in [0.1, 0.15) is 86.7 Å². The van der Waals surface area contributed by atoms with Crippen LogP contribution in [0, 0.1) is 5.41 Å². The van der Waals surface area contributed by atoms with Crippen LogP contribution in [0.5, 0.6) is 11.5 Å². The van der Waals surface area contributed by atoms with Crippen LogP contribution in [0.3, 0.4) is 0 Å². The van der Waals surface area contributed by atoms with E-state index >= 15 is 0 Å². The molecule has 192 valence electrons. The molecule has 6 rings (SSSR count). The number of hydrogen-bond acceptors (Lipinski definition) is 5. The number of benzene rings is 1. The van der Waals surface area contributed by atoms with Gasteiger partial charge in [0.05, 0.1) is 0 Å². The SMILES string of the molecule is O=C(c1ccccn1)N1CCC2(CCN(Cc3cccc4c3OC3(CCCCCCC3)O4)CC2)CC1. The van der Waals surface area contributed by atoms with E-state index in [0.29, 0.717) is 11.1 Å². The lowest BCUT2D eigenvalue weighted by Gasteiger charge is -2.47. The van der Waals surface area contributed by atoms with Gasteiger partial charge in [0, 0.05) is 44.2 Å². The number of amides is 1. The Hall–Kier alpha value is -2.60. The van der Waals surface area contributed by atoms with Crippen LogP contribution in [-0.2, 0) is 6.54 Å². The number of likely N-dealkylation sites (tertiary alicyclic amines) is 2. The van der Waals surface area contributed by atoms with Crippen molar-refractivity contribution in [1.29, 1.82) is 0 Å². The summed E-state index contributed by atoms with van der Waals surface area (Å²) >= 11 is 0. The monoisotopic (exact) mass is 489 g/mol. The number of piperidine rings is 2. The minimum absolute atomic E-state index is 0.0742. The number of pyridine rings is 1. The predicted molar refractivity (Wildman–Crippen MR) is 139 cm³/mol. The van der Waals surface area contributed by atoms with E-state index in [0.717, 1.165) is 69.9 Å². The van der Waals surface area contributed by atoms with Gasteiger partial charge in [-0.1, -0.05) is 37.5 Å². The topological polar surface area (TPSA) is 54.9 Å². The molecule has 0 N–H and O–H groups in total. The highest BCUT2D eigenvalue weighted by molar-refractivity contribution is 5.92. The summed E-state index contributed by atoms with van der Waals surface area (Å²) in [6, 6.07) is 12.0. The van der Waals surface area contributed by atoms with Crippen molar-refractivity contribution in [2.24, 2.45) is 5.41 Å². The number of rotatable bonds is 3. The van der Waals surface area contributed by atoms with Gasteiger partial charge in [0.2, 0.25) is 0 Å². The van der Waals surface area contributed by atoms with E-state index in [1.54, 1.807) is 6.20 Å². The summed E-state index contributed by atoms with van der Waals surface area (Å²) in [6.07, 6.45) is 14.5. The molecule has 36 heavy (non-hydrogen) atoms. The summed E-state index contributed by atoms with van der Waals surface area (Å²) in [5.41, 5.74) is 2.20. The van der Waals surface area contributed by atoms with Gasteiger partial charge < -0.3 is 14.4 Å². The molecular weight excluding hydrogens is 450 g/mol. The number of carbonyl (C=O) groups is 1. The minimum Gasteiger partial charge on any atom is -0.448 e. The van der Waals surface area contributed by atoms with Crippen LogP contribution in [0.4, 0.5) is 0 Å². The molecule has 1 aromatic carbocycles. The lowest BCUT2D eigenvalue weighted by atomic mass is 9.71. The fourth-order valence-corrected chi connectivity index (χ4v) is 6.70. The maximum atomic E-state index is 12.8. The van der Waals surface area contributed by atoms with E-state index in [1.165, 1.54) is 50.5 Å². The van der Waals surface area contributed by atoms with E-state index in [-0.39, 0.29) is 5.91 Å². The quantitative estimate of drug-likeness (QED) is 0.544. The average Bonchev–Trinajstić information content (AvgIpc) is 3.29. The highest BCUT2D eigenvalue weighted by Gasteiger charge is 2.43. The zero-order chi connectivity index (χ0) is 24.4. The molecule has 0 unspecified atom stereocenters. The smallest absolute Gasteiger partial charge is 0.272 e. The van der Waals surface area contributed by atoms with E-state index in [9.17, 15) is 4.79 Å². The number of ether oxygens (including phenoxy) is 2. The zero-order valence-corrected chi connectivity index (χ0v) is 21.4. The third-order valence-electron chi connectivity index (χ3n) is 9.07. The van der Waals surface area contributed by atoms with E-state index in [4.69, 9.17) is 9.47 Å². The lowest BCUT2D eigenvalue weighted by Crippen LogP contribution is -2.48. The van der Waals surface area contributed by atoms with Crippen LogP contribution in [0.2, 0.25) is 0 Å². The molecule has 3 aliphatic heterocycles. The number of carbonyl (C=O) groups excluding carboxylic acids is 1. The first kappa shape index (κ1) is 23.8. The Balaban J connectivity index is 1.04. The van der Waals surface area contributed by atoms with Crippen molar-refractivity contribution >= 4 is 5.91 Å². The fraction of sp³-hybridized carbons (Fsp3) is 0.600. The predicted octanol–water partition coefficient (Wildman–Crippen LogP) is 5.81. The van der Waals surface area contributed by atoms with Gasteiger partial charge in [0.1, 0.15) is 5.69 Å². The lowest BCUT2D eigenvalue weighted by molar-refractivity contribution is -0.0976. The first-order chi connectivity index (χ1) is 17.6. The average molecular weight is 490 g/mol. The molecule has 1 aromatic heterocycles. The summed E-state index contributed by atoms with van der Waals surface area (Å²) in [7, 11) is 0. The molecule has 2 aromatic rings. The van der Waals surface area contributed by atoms with Crippen LogP contribution < -0.4 is 9.47 Å². The first-order valence-electron chi connectivity index (χ1n) is 14.1. The second kappa shape index (κ2) is 10.0. The highest BCUT2D eigenvalue weighted by Crippen LogP contribution is 2.47. The Kier molecular flexibility index (Phi) is 6.63. The maximum Gasteiger partial charge on any atom is 0.272 e. The van der Waals surface area contributed by atoms with Crippen molar-refractivity contribution in [3.8, 4) is 11.5 Å². The molecular formula is C30H39N3O3. The standard InChI is InChI=1S/C30H39N3O3/c34-28(25-10-4-7-18-31-25)33-21-16-29(17-22-33)14-19-32(20-15-29)23-24-9-8-11-26-27(24)36-30(35-26)12-5-2-1-3-6-13-30/h4,7-11,18H,1-3,5-6,12-17,19-23H2. The van der Waals surface area contributed by atoms with Crippen LogP contribution in [0.25, 0.3) is 0 Å². The van der Waals surface area contributed by atoms with Gasteiger partial charge in [-0.25, -0.2) is 0 Å². The Morgan fingerprint density at radius 3 is 2.25 bits per heavy atom. The fourth-order valence-electron chi connectivity index (χ4n) is 6.70. The normalized spacial score (nSPS) is 23.4. The van der Waals surface area contributed by atoms with Crippen molar-refractivity contribution in [3.63, 3.8) is 0 Å². The number of fused-ring (bicyclic) bond motifs is 1. The van der Waals surface area contributed by atoms with E-state index in [2.05, 4.69) is 28.1 Å². The van der Waals surface area contributed by atoms with Crippen LogP contribution >= 0.6 is 0 Å². The maximum absolute atomic E-state index is 12.8. The van der Waals surface area contributed by atoms with Crippen molar-refractivity contribution < 1.29 is 14.3 Å². The summed E-state index contributed by atoms with van der Waals surface area (Å²) < 4.78 is 13.1. The highest BCUT2D eigenvalue weighted by atomic mass is 16.7. The Labute approximate surface area is 215 Å². The molecule has 1 amide bonds. The van der Waals surface area contributed by atoms with Crippen molar-refractivity contribution in [3.05, 3.63) is 53.9 Å². The third-order valence-corrected chi connectivity index (χ3v) is 9.07. The number of aromatic nitrogens is 1. The number of hydrogen-bond donors (Lipinski definition) is 0. The van der Waals surface area contributed by atoms with Gasteiger partial charge in [-0.05, 0) is 75.2 Å². The molecule has 3 fully saturated rings. The second-order valence-electron chi connectivity index (χ2n) is 11.4. The van der Waals surface area contributed by atoms with Gasteiger partial charge in [-0.3, -0.25) is 14.7 Å². The molecule has 4 aliphatic rings. The molecule has 1 saturated carbocycles. The molecule has 2 saturated heterocycles. The van der Waals surface area contributed by atoms with Gasteiger partial charge in [0.15, 0.2) is 11.5 Å². The van der Waals surface area contributed by atoms with Gasteiger partial charge in [-0.15, -0.1) is 0 Å². The molecule has 2 spiro atoms. The molecule has 0 atom stereocenters. The van der Waals surface area contributed by atoms with Crippen molar-refractivity contribution in [2.75, 3.05) is 26.2 Å². The Morgan fingerprint density at radius 2 is 1.53 bits per heavy atom. The minimum atomic E-state index is -0.439. The zero-order valence-electron chi connectivity index (χ0n) is 21.4. The van der Waals surface area contributed by atoms with Gasteiger partial charge in [0.25, 0.3) is 11.7 Å². The van der Waals surface area contributed by atoms with Crippen LogP contribution in [-0.4, -0.2) is 52.7 Å². The molecule has 1 aliphatic carbocycles. The summed E-state index contributed by atoms with van der Waals surface area (Å²) in [5, 5.41) is 0. The van der Waals surface area contributed by atoms with Gasteiger partial charge in [-0.2, -0.15) is 0 Å².